The van der Waals surface area contributed by atoms with Crippen LogP contribution in [0, 0.1) is 0 Å². The third-order valence-corrected chi connectivity index (χ3v) is 2.90. The number of hydrogen-bond acceptors (Lipinski definition) is 4. The number of halogens is 3. The van der Waals surface area contributed by atoms with Crippen molar-refractivity contribution in [2.24, 2.45) is 0 Å². The standard InChI is InChI=1S/C13H9F3N4O/c14-13(15,16)21-8-3-1-7(2-4-8)9-5-18-6-10-11(9)12(17)20-19-10/h1-6H,(H3,17,19,20). The Bertz CT molecular complexity index is 780. The topological polar surface area (TPSA) is 76.8 Å². The first-order valence-electron chi connectivity index (χ1n) is 5.88. The number of nitrogens with two attached hydrogens (primary N) is 1. The van der Waals surface area contributed by atoms with Crippen molar-refractivity contribution >= 4 is 16.7 Å². The average molecular weight is 294 g/mol. The second-order valence-corrected chi connectivity index (χ2v) is 4.29. The average Bonchev–Trinajstić information content (AvgIpc) is 2.80. The Morgan fingerprint density at radius 2 is 1.81 bits per heavy atom. The van der Waals surface area contributed by atoms with Crippen LogP contribution in [-0.4, -0.2) is 21.5 Å². The summed E-state index contributed by atoms with van der Waals surface area (Å²) in [5, 5.41) is 7.29. The van der Waals surface area contributed by atoms with Crippen molar-refractivity contribution in [3.05, 3.63) is 36.7 Å². The maximum absolute atomic E-state index is 12.1. The van der Waals surface area contributed by atoms with Crippen molar-refractivity contribution in [3.63, 3.8) is 0 Å². The molecule has 108 valence electrons. The lowest BCUT2D eigenvalue weighted by molar-refractivity contribution is -0.274. The molecule has 0 unspecified atom stereocenters. The van der Waals surface area contributed by atoms with Gasteiger partial charge in [-0.15, -0.1) is 13.2 Å². The van der Waals surface area contributed by atoms with Gasteiger partial charge in [-0.05, 0) is 17.7 Å². The highest BCUT2D eigenvalue weighted by atomic mass is 19.4. The van der Waals surface area contributed by atoms with Gasteiger partial charge in [-0.25, -0.2) is 0 Å². The fourth-order valence-corrected chi connectivity index (χ4v) is 2.05. The maximum Gasteiger partial charge on any atom is 0.573 e. The van der Waals surface area contributed by atoms with Crippen molar-refractivity contribution in [2.75, 3.05) is 5.73 Å². The molecule has 1 aromatic carbocycles. The highest BCUT2D eigenvalue weighted by molar-refractivity contribution is 6.00. The van der Waals surface area contributed by atoms with Gasteiger partial charge in [0.2, 0.25) is 0 Å². The summed E-state index contributed by atoms with van der Waals surface area (Å²) in [4.78, 5) is 4.05. The van der Waals surface area contributed by atoms with Gasteiger partial charge in [0, 0.05) is 11.8 Å². The molecule has 0 aliphatic rings. The quantitative estimate of drug-likeness (QED) is 0.761. The molecule has 0 spiro atoms. The van der Waals surface area contributed by atoms with Crippen molar-refractivity contribution in [3.8, 4) is 16.9 Å². The number of nitrogens with zero attached hydrogens (tertiary/aromatic N) is 2. The van der Waals surface area contributed by atoms with Crippen LogP contribution in [0.15, 0.2) is 36.7 Å². The largest absolute Gasteiger partial charge is 0.573 e. The number of H-pyrrole nitrogens is 1. The second kappa shape index (κ2) is 4.65. The lowest BCUT2D eigenvalue weighted by Crippen LogP contribution is -2.16. The first kappa shape index (κ1) is 13.2. The number of benzene rings is 1. The molecule has 0 atom stereocenters. The molecule has 0 aliphatic carbocycles. The summed E-state index contributed by atoms with van der Waals surface area (Å²) in [5.74, 6) is 0.0181. The Morgan fingerprint density at radius 1 is 1.10 bits per heavy atom. The van der Waals surface area contributed by atoms with Gasteiger partial charge < -0.3 is 10.5 Å². The molecule has 0 aliphatic heterocycles. The van der Waals surface area contributed by atoms with Crippen LogP contribution in [0.5, 0.6) is 5.75 Å². The van der Waals surface area contributed by atoms with E-state index in [0.717, 1.165) is 0 Å². The minimum Gasteiger partial charge on any atom is -0.406 e. The van der Waals surface area contributed by atoms with Crippen molar-refractivity contribution in [1.29, 1.82) is 0 Å². The summed E-state index contributed by atoms with van der Waals surface area (Å²) in [7, 11) is 0. The van der Waals surface area contributed by atoms with Crippen LogP contribution in [0.2, 0.25) is 0 Å². The highest BCUT2D eigenvalue weighted by Crippen LogP contribution is 2.32. The minimum absolute atomic E-state index is 0.286. The van der Waals surface area contributed by atoms with Crippen LogP contribution in [0.25, 0.3) is 22.0 Å². The molecule has 2 heterocycles. The van der Waals surface area contributed by atoms with Crippen LogP contribution in [0.1, 0.15) is 0 Å². The Labute approximate surface area is 116 Å². The number of aromatic nitrogens is 3. The molecule has 0 saturated heterocycles. The Morgan fingerprint density at radius 3 is 2.48 bits per heavy atom. The molecule has 0 amide bonds. The second-order valence-electron chi connectivity index (χ2n) is 4.29. The third kappa shape index (κ3) is 2.60. The normalized spacial score (nSPS) is 11.8. The molecule has 0 fully saturated rings. The summed E-state index contributed by atoms with van der Waals surface area (Å²) in [5.41, 5.74) is 7.78. The number of nitrogen functional groups attached to an aromatic ring is 1. The molecular weight excluding hydrogens is 285 g/mol. The summed E-state index contributed by atoms with van der Waals surface area (Å²) in [6, 6.07) is 5.48. The molecular formula is C13H9F3N4O. The molecule has 3 rings (SSSR count). The van der Waals surface area contributed by atoms with Gasteiger partial charge in [0.1, 0.15) is 5.75 Å². The Balaban J connectivity index is 2.02. The molecule has 0 bridgehead atoms. The smallest absolute Gasteiger partial charge is 0.406 e. The summed E-state index contributed by atoms with van der Waals surface area (Å²) < 4.78 is 40.2. The van der Waals surface area contributed by atoms with E-state index in [1.165, 1.54) is 24.3 Å². The van der Waals surface area contributed by atoms with E-state index in [-0.39, 0.29) is 5.75 Å². The van der Waals surface area contributed by atoms with E-state index in [0.29, 0.717) is 27.8 Å². The van der Waals surface area contributed by atoms with Crippen molar-refractivity contribution in [2.45, 2.75) is 6.36 Å². The molecule has 2 aromatic heterocycles. The number of anilines is 1. The number of aromatic amines is 1. The molecule has 0 radical (unpaired) electrons. The zero-order chi connectivity index (χ0) is 15.0. The van der Waals surface area contributed by atoms with Gasteiger partial charge >= 0.3 is 6.36 Å². The Kier molecular flexibility index (Phi) is 2.93. The lowest BCUT2D eigenvalue weighted by Gasteiger charge is -2.09. The number of ether oxygens (including phenoxy) is 1. The van der Waals surface area contributed by atoms with Gasteiger partial charge in [0.05, 0.1) is 17.1 Å². The van der Waals surface area contributed by atoms with E-state index in [4.69, 9.17) is 5.73 Å². The number of hydrogen-bond donors (Lipinski definition) is 2. The summed E-state index contributed by atoms with van der Waals surface area (Å²) in [6.45, 7) is 0. The van der Waals surface area contributed by atoms with Crippen molar-refractivity contribution in [1.82, 2.24) is 15.2 Å². The minimum atomic E-state index is -4.71. The summed E-state index contributed by atoms with van der Waals surface area (Å²) >= 11 is 0. The van der Waals surface area contributed by atoms with Crippen LogP contribution >= 0.6 is 0 Å². The van der Waals surface area contributed by atoms with Crippen molar-refractivity contribution < 1.29 is 17.9 Å². The molecule has 21 heavy (non-hydrogen) atoms. The van der Waals surface area contributed by atoms with E-state index >= 15 is 0 Å². The number of nitrogens with one attached hydrogen (secondary N) is 1. The first-order valence-corrected chi connectivity index (χ1v) is 5.88. The van der Waals surface area contributed by atoms with Crippen LogP contribution in [0.3, 0.4) is 0 Å². The maximum atomic E-state index is 12.1. The van der Waals surface area contributed by atoms with E-state index in [2.05, 4.69) is 19.9 Å². The zero-order valence-electron chi connectivity index (χ0n) is 10.5. The van der Waals surface area contributed by atoms with E-state index in [9.17, 15) is 13.2 Å². The van der Waals surface area contributed by atoms with Gasteiger partial charge in [-0.1, -0.05) is 12.1 Å². The Hall–Kier alpha value is -2.77. The SMILES string of the molecule is Nc1n[nH]c2cncc(-c3ccc(OC(F)(F)F)cc3)c12. The predicted octanol–water partition coefficient (Wildman–Crippen LogP) is 3.11. The number of rotatable bonds is 2. The monoisotopic (exact) mass is 294 g/mol. The molecule has 0 saturated carbocycles. The molecule has 3 N–H and O–H groups in total. The number of fused-ring (bicyclic) bond motifs is 1. The fourth-order valence-electron chi connectivity index (χ4n) is 2.05. The number of alkyl halides is 3. The van der Waals surface area contributed by atoms with Gasteiger partial charge in [0.25, 0.3) is 0 Å². The van der Waals surface area contributed by atoms with Crippen LogP contribution < -0.4 is 10.5 Å². The first-order chi connectivity index (χ1) is 9.94. The van der Waals surface area contributed by atoms with Gasteiger partial charge in [-0.3, -0.25) is 10.1 Å². The lowest BCUT2D eigenvalue weighted by atomic mass is 10.0. The van der Waals surface area contributed by atoms with E-state index in [1.54, 1.807) is 12.4 Å². The van der Waals surface area contributed by atoms with E-state index in [1.807, 2.05) is 0 Å². The van der Waals surface area contributed by atoms with Gasteiger partial charge in [0.15, 0.2) is 5.82 Å². The zero-order valence-corrected chi connectivity index (χ0v) is 10.5. The summed E-state index contributed by atoms with van der Waals surface area (Å²) in [6.07, 6.45) is -1.56. The van der Waals surface area contributed by atoms with Crippen LogP contribution in [-0.2, 0) is 0 Å². The van der Waals surface area contributed by atoms with Gasteiger partial charge in [-0.2, -0.15) is 5.10 Å². The highest BCUT2D eigenvalue weighted by Gasteiger charge is 2.31. The molecule has 5 nitrogen and oxygen atoms in total. The van der Waals surface area contributed by atoms with Crippen LogP contribution in [0.4, 0.5) is 19.0 Å². The molecule has 8 heteroatoms. The number of pyridine rings is 1. The fraction of sp³-hybridized carbons (Fsp3) is 0.0769. The predicted molar refractivity (Wildman–Crippen MR) is 70.4 cm³/mol. The molecule has 3 aromatic rings. The van der Waals surface area contributed by atoms with E-state index < -0.39 is 6.36 Å². The third-order valence-electron chi connectivity index (χ3n) is 2.90.